The van der Waals surface area contributed by atoms with Crippen LogP contribution in [0.15, 0.2) is 60.7 Å². The first-order valence-corrected chi connectivity index (χ1v) is 7.43. The maximum atomic E-state index is 12.7. The van der Waals surface area contributed by atoms with Gasteiger partial charge in [0.2, 0.25) is 5.91 Å². The van der Waals surface area contributed by atoms with Gasteiger partial charge in [0.25, 0.3) is 0 Å². The molecule has 1 amide bonds. The van der Waals surface area contributed by atoms with Gasteiger partial charge in [0.1, 0.15) is 0 Å². The van der Waals surface area contributed by atoms with Crippen molar-refractivity contribution < 1.29 is 4.79 Å². The fourth-order valence-corrected chi connectivity index (χ4v) is 3.20. The lowest BCUT2D eigenvalue weighted by Crippen LogP contribution is -2.59. The summed E-state index contributed by atoms with van der Waals surface area (Å²) < 4.78 is 0. The van der Waals surface area contributed by atoms with Gasteiger partial charge in [-0.15, -0.1) is 0 Å². The third-order valence-corrected chi connectivity index (χ3v) is 4.21. The summed E-state index contributed by atoms with van der Waals surface area (Å²) >= 11 is 0. The first-order valence-electron chi connectivity index (χ1n) is 7.43. The van der Waals surface area contributed by atoms with Gasteiger partial charge in [-0.05, 0) is 23.1 Å². The molecule has 2 heteroatoms. The van der Waals surface area contributed by atoms with Crippen molar-refractivity contribution in [2.45, 2.75) is 26.8 Å². The van der Waals surface area contributed by atoms with Gasteiger partial charge >= 0.3 is 0 Å². The van der Waals surface area contributed by atoms with Gasteiger partial charge in [-0.25, -0.2) is 0 Å². The molecule has 0 bridgehead atoms. The predicted octanol–water partition coefficient (Wildman–Crippen LogP) is 4.44. The molecule has 0 spiro atoms. The van der Waals surface area contributed by atoms with E-state index < -0.39 is 0 Å². The Morgan fingerprint density at radius 2 is 1.38 bits per heavy atom. The number of hydrogen-bond acceptors (Lipinski definition) is 1. The van der Waals surface area contributed by atoms with E-state index >= 15 is 0 Å². The van der Waals surface area contributed by atoms with Gasteiger partial charge in [-0.2, -0.15) is 0 Å². The molecule has 1 saturated heterocycles. The van der Waals surface area contributed by atoms with Crippen molar-refractivity contribution in [3.63, 3.8) is 0 Å². The number of β-lactam (4-membered cyclic amide) rings is 1. The van der Waals surface area contributed by atoms with Crippen molar-refractivity contribution in [1.29, 1.82) is 0 Å². The summed E-state index contributed by atoms with van der Waals surface area (Å²) in [5, 5.41) is 0. The van der Waals surface area contributed by atoms with Crippen LogP contribution in [0.3, 0.4) is 0 Å². The number of amides is 1. The van der Waals surface area contributed by atoms with Crippen LogP contribution in [-0.4, -0.2) is 5.91 Å². The van der Waals surface area contributed by atoms with Crippen LogP contribution >= 0.6 is 0 Å². The lowest BCUT2D eigenvalue weighted by Gasteiger charge is -2.52. The SMILES string of the molecule is CC(C)(C)C1C(=O)N(c2ccccc2)C1c1ccccc1. The van der Waals surface area contributed by atoms with Crippen molar-refractivity contribution in [1.82, 2.24) is 0 Å². The maximum absolute atomic E-state index is 12.7. The highest BCUT2D eigenvalue weighted by molar-refractivity contribution is 6.03. The van der Waals surface area contributed by atoms with E-state index in [0.717, 1.165) is 5.69 Å². The minimum absolute atomic E-state index is 0.0279. The standard InChI is InChI=1S/C19H21NO/c1-19(2,3)16-17(14-10-6-4-7-11-14)20(18(16)21)15-12-8-5-9-13-15/h4-13,16-17H,1-3H3. The van der Waals surface area contributed by atoms with E-state index in [1.807, 2.05) is 53.4 Å². The Kier molecular flexibility index (Phi) is 3.32. The average Bonchev–Trinajstić information content (AvgIpc) is 2.45. The molecule has 0 radical (unpaired) electrons. The Morgan fingerprint density at radius 3 is 1.90 bits per heavy atom. The van der Waals surface area contributed by atoms with E-state index in [1.165, 1.54) is 5.56 Å². The Balaban J connectivity index is 2.03. The zero-order chi connectivity index (χ0) is 15.0. The number of hydrogen-bond donors (Lipinski definition) is 0. The topological polar surface area (TPSA) is 20.3 Å². The van der Waals surface area contributed by atoms with Crippen molar-refractivity contribution in [3.05, 3.63) is 66.2 Å². The Morgan fingerprint density at radius 1 is 0.857 bits per heavy atom. The molecule has 0 aliphatic carbocycles. The van der Waals surface area contributed by atoms with Crippen LogP contribution in [0.2, 0.25) is 0 Å². The molecule has 0 saturated carbocycles. The molecule has 21 heavy (non-hydrogen) atoms. The number of nitrogens with zero attached hydrogens (tertiary/aromatic N) is 1. The second kappa shape index (κ2) is 5.03. The quantitative estimate of drug-likeness (QED) is 0.744. The second-order valence-electron chi connectivity index (χ2n) is 6.74. The smallest absolute Gasteiger partial charge is 0.233 e. The van der Waals surface area contributed by atoms with Crippen molar-refractivity contribution in [2.24, 2.45) is 11.3 Å². The molecule has 0 aromatic heterocycles. The summed E-state index contributed by atoms with van der Waals surface area (Å²) in [7, 11) is 0. The van der Waals surface area contributed by atoms with Crippen LogP contribution in [0.4, 0.5) is 5.69 Å². The molecule has 1 aliphatic rings. The maximum Gasteiger partial charge on any atom is 0.233 e. The van der Waals surface area contributed by atoms with Gasteiger partial charge in [-0.3, -0.25) is 4.79 Å². The Bertz CT molecular complexity index is 628. The minimum Gasteiger partial charge on any atom is -0.304 e. The van der Waals surface area contributed by atoms with Gasteiger partial charge < -0.3 is 4.90 Å². The predicted molar refractivity (Wildman–Crippen MR) is 86.1 cm³/mol. The Labute approximate surface area is 126 Å². The van der Waals surface area contributed by atoms with Crippen LogP contribution in [0, 0.1) is 11.3 Å². The van der Waals surface area contributed by atoms with E-state index in [0.29, 0.717) is 0 Å². The molecule has 1 fully saturated rings. The highest BCUT2D eigenvalue weighted by Crippen LogP contribution is 2.50. The highest BCUT2D eigenvalue weighted by Gasteiger charge is 2.53. The van der Waals surface area contributed by atoms with E-state index in [9.17, 15) is 4.79 Å². The fourth-order valence-electron chi connectivity index (χ4n) is 3.20. The normalized spacial score (nSPS) is 22.0. The third-order valence-electron chi connectivity index (χ3n) is 4.21. The minimum atomic E-state index is -0.0388. The molecule has 1 heterocycles. The molecule has 2 unspecified atom stereocenters. The first-order chi connectivity index (χ1) is 10.00. The van der Waals surface area contributed by atoms with Crippen molar-refractivity contribution in [3.8, 4) is 0 Å². The zero-order valence-electron chi connectivity index (χ0n) is 12.8. The summed E-state index contributed by atoms with van der Waals surface area (Å²) in [4.78, 5) is 14.7. The molecule has 1 aliphatic heterocycles. The third kappa shape index (κ3) is 2.35. The van der Waals surface area contributed by atoms with E-state index in [-0.39, 0.29) is 23.3 Å². The van der Waals surface area contributed by atoms with E-state index in [1.54, 1.807) is 0 Å². The molecular formula is C19H21NO. The summed E-state index contributed by atoms with van der Waals surface area (Å²) in [5.41, 5.74) is 2.15. The lowest BCUT2D eigenvalue weighted by atomic mass is 9.67. The first kappa shape index (κ1) is 13.9. The largest absolute Gasteiger partial charge is 0.304 e. The van der Waals surface area contributed by atoms with E-state index in [4.69, 9.17) is 0 Å². The van der Waals surface area contributed by atoms with Crippen molar-refractivity contribution in [2.75, 3.05) is 4.90 Å². The van der Waals surface area contributed by atoms with Gasteiger partial charge in [-0.1, -0.05) is 69.3 Å². The molecule has 3 rings (SSSR count). The van der Waals surface area contributed by atoms with Gasteiger partial charge in [0.15, 0.2) is 0 Å². The molecule has 0 N–H and O–H groups in total. The van der Waals surface area contributed by atoms with E-state index in [2.05, 4.69) is 32.9 Å². The number of anilines is 1. The van der Waals surface area contributed by atoms with Crippen LogP contribution in [0.1, 0.15) is 32.4 Å². The summed E-state index contributed by atoms with van der Waals surface area (Å²) in [6.07, 6.45) is 0. The van der Waals surface area contributed by atoms with Crippen LogP contribution in [0.5, 0.6) is 0 Å². The number of carbonyl (C=O) groups is 1. The van der Waals surface area contributed by atoms with Crippen molar-refractivity contribution >= 4 is 11.6 Å². The molecule has 2 atom stereocenters. The highest BCUT2D eigenvalue weighted by atomic mass is 16.2. The van der Waals surface area contributed by atoms with Crippen LogP contribution in [0.25, 0.3) is 0 Å². The lowest BCUT2D eigenvalue weighted by molar-refractivity contribution is -0.135. The fraction of sp³-hybridized carbons (Fsp3) is 0.316. The van der Waals surface area contributed by atoms with Gasteiger partial charge in [0.05, 0.1) is 12.0 Å². The molecule has 2 aromatic rings. The number of carbonyl (C=O) groups excluding carboxylic acids is 1. The molecular weight excluding hydrogens is 258 g/mol. The Hall–Kier alpha value is -2.09. The van der Waals surface area contributed by atoms with Gasteiger partial charge in [0, 0.05) is 5.69 Å². The summed E-state index contributed by atoms with van der Waals surface area (Å²) in [5.74, 6) is 0.252. The summed E-state index contributed by atoms with van der Waals surface area (Å²) in [6.45, 7) is 6.44. The monoisotopic (exact) mass is 279 g/mol. The average molecular weight is 279 g/mol. The van der Waals surface area contributed by atoms with Crippen LogP contribution in [-0.2, 0) is 4.79 Å². The molecule has 108 valence electrons. The second-order valence-corrected chi connectivity index (χ2v) is 6.74. The molecule has 2 aromatic carbocycles. The summed E-state index contributed by atoms with van der Waals surface area (Å²) in [6, 6.07) is 20.4. The zero-order valence-corrected chi connectivity index (χ0v) is 12.8. The van der Waals surface area contributed by atoms with Crippen LogP contribution < -0.4 is 4.90 Å². The number of rotatable bonds is 2. The number of para-hydroxylation sites is 1. The molecule has 2 nitrogen and oxygen atoms in total. The number of benzene rings is 2.